The van der Waals surface area contributed by atoms with Crippen molar-refractivity contribution in [2.45, 2.75) is 26.1 Å². The topological polar surface area (TPSA) is 69.7 Å². The first-order chi connectivity index (χ1) is 8.89. The lowest BCUT2D eigenvalue weighted by Gasteiger charge is -2.49. The Balaban J connectivity index is 2.55. The highest BCUT2D eigenvalue weighted by atomic mass is 16.7. The summed E-state index contributed by atoms with van der Waals surface area (Å²) in [5, 5.41) is 0. The lowest BCUT2D eigenvalue weighted by Crippen LogP contribution is -2.61. The summed E-state index contributed by atoms with van der Waals surface area (Å²) in [6, 6.07) is 0. The Bertz CT molecular complexity index is 472. The fourth-order valence-electron chi connectivity index (χ4n) is 3.33. The average molecular weight is 266 g/mol. The lowest BCUT2D eigenvalue weighted by atomic mass is 9.60. The van der Waals surface area contributed by atoms with E-state index in [-0.39, 0.29) is 23.3 Å². The third-order valence-corrected chi connectivity index (χ3v) is 4.30. The van der Waals surface area contributed by atoms with Gasteiger partial charge in [-0.3, -0.25) is 14.4 Å². The van der Waals surface area contributed by atoms with Crippen LogP contribution in [-0.2, 0) is 23.9 Å². The number of ketones is 3. The van der Waals surface area contributed by atoms with Gasteiger partial charge in [0.1, 0.15) is 5.78 Å². The molecule has 0 radical (unpaired) electrons. The number of hydrogen-bond donors (Lipinski definition) is 0. The van der Waals surface area contributed by atoms with Crippen molar-refractivity contribution in [2.75, 3.05) is 14.2 Å². The zero-order chi connectivity index (χ0) is 14.4. The van der Waals surface area contributed by atoms with Gasteiger partial charge in [0.15, 0.2) is 11.6 Å². The van der Waals surface area contributed by atoms with Crippen LogP contribution in [-0.4, -0.2) is 37.4 Å². The van der Waals surface area contributed by atoms with E-state index in [0.717, 1.165) is 0 Å². The van der Waals surface area contributed by atoms with Crippen molar-refractivity contribution in [3.05, 3.63) is 11.6 Å². The summed E-state index contributed by atoms with van der Waals surface area (Å²) in [4.78, 5) is 35.9. The van der Waals surface area contributed by atoms with Crippen molar-refractivity contribution in [2.24, 2.45) is 17.8 Å². The minimum absolute atomic E-state index is 0.0389. The van der Waals surface area contributed by atoms with E-state index in [1.54, 1.807) is 6.08 Å². The van der Waals surface area contributed by atoms with Gasteiger partial charge in [-0.15, -0.1) is 0 Å². The SMILES string of the molecule is COC1(OC)C(=O)[C@H]2C=C(C(C)=O)[C@@H]1C[C@@H]2C(C)=O. The Morgan fingerprint density at radius 3 is 2.26 bits per heavy atom. The number of rotatable bonds is 4. The third kappa shape index (κ3) is 1.80. The molecule has 2 bridgehead atoms. The second-order valence-corrected chi connectivity index (χ2v) is 5.15. The normalized spacial score (nSPS) is 32.1. The van der Waals surface area contributed by atoms with Crippen molar-refractivity contribution in [3.63, 3.8) is 0 Å². The summed E-state index contributed by atoms with van der Waals surface area (Å²) in [5.74, 6) is -3.34. The third-order valence-electron chi connectivity index (χ3n) is 4.30. The van der Waals surface area contributed by atoms with Crippen LogP contribution >= 0.6 is 0 Å². The summed E-state index contributed by atoms with van der Waals surface area (Å²) in [6.45, 7) is 2.93. The quantitative estimate of drug-likeness (QED) is 0.707. The fraction of sp³-hybridized carbons (Fsp3) is 0.643. The standard InChI is InChI=1S/C14H18O5/c1-7(15)9-6-12-10(8(2)16)5-11(9)13(17)14(12,18-3)19-4/h5,9,11-12H,6H2,1-4H3/t9-,11+,12+/m1/s1. The first-order valence-electron chi connectivity index (χ1n) is 6.26. The van der Waals surface area contributed by atoms with Crippen LogP contribution in [0.5, 0.6) is 0 Å². The van der Waals surface area contributed by atoms with Gasteiger partial charge in [0.25, 0.3) is 0 Å². The number of methoxy groups -OCH3 is 2. The number of ether oxygens (including phenoxy) is 2. The van der Waals surface area contributed by atoms with Crippen LogP contribution in [0.25, 0.3) is 0 Å². The van der Waals surface area contributed by atoms with Crippen LogP contribution in [0.3, 0.4) is 0 Å². The van der Waals surface area contributed by atoms with Gasteiger partial charge in [0.05, 0.1) is 5.92 Å². The van der Waals surface area contributed by atoms with Gasteiger partial charge in [-0.05, 0) is 20.3 Å². The Morgan fingerprint density at radius 2 is 1.84 bits per heavy atom. The van der Waals surface area contributed by atoms with E-state index in [0.29, 0.717) is 12.0 Å². The predicted molar refractivity (Wildman–Crippen MR) is 66.3 cm³/mol. The van der Waals surface area contributed by atoms with E-state index >= 15 is 0 Å². The van der Waals surface area contributed by atoms with E-state index in [1.807, 2.05) is 0 Å². The molecule has 5 nitrogen and oxygen atoms in total. The van der Waals surface area contributed by atoms with E-state index in [1.165, 1.54) is 28.1 Å². The van der Waals surface area contributed by atoms with E-state index in [9.17, 15) is 14.4 Å². The molecular formula is C14H18O5. The van der Waals surface area contributed by atoms with Gasteiger partial charge in [-0.2, -0.15) is 0 Å². The second kappa shape index (κ2) is 4.65. The van der Waals surface area contributed by atoms with Crippen LogP contribution in [0.15, 0.2) is 11.6 Å². The average Bonchev–Trinajstić information content (AvgIpc) is 2.39. The molecule has 0 aromatic rings. The Labute approximate surface area is 111 Å². The molecule has 0 unspecified atom stereocenters. The predicted octanol–water partition coefficient (Wildman–Crippen LogP) is 0.915. The molecule has 0 aromatic carbocycles. The van der Waals surface area contributed by atoms with Gasteiger partial charge in [0.2, 0.25) is 5.79 Å². The summed E-state index contributed by atoms with van der Waals surface area (Å²) in [7, 11) is 2.78. The zero-order valence-corrected chi connectivity index (χ0v) is 11.6. The molecule has 19 heavy (non-hydrogen) atoms. The first kappa shape index (κ1) is 14.1. The summed E-state index contributed by atoms with van der Waals surface area (Å²) in [6.07, 6.45) is 2.04. The Kier molecular flexibility index (Phi) is 3.45. The minimum atomic E-state index is -1.42. The molecular weight excluding hydrogens is 248 g/mol. The highest BCUT2D eigenvalue weighted by Crippen LogP contribution is 2.49. The molecule has 0 heterocycles. The second-order valence-electron chi connectivity index (χ2n) is 5.15. The number of hydrogen-bond acceptors (Lipinski definition) is 5. The molecule has 0 aromatic heterocycles. The molecule has 3 aliphatic rings. The monoisotopic (exact) mass is 266 g/mol. The molecule has 0 N–H and O–H groups in total. The molecule has 104 valence electrons. The van der Waals surface area contributed by atoms with Gasteiger partial charge in [-0.1, -0.05) is 6.08 Å². The van der Waals surface area contributed by atoms with Crippen molar-refractivity contribution >= 4 is 17.3 Å². The smallest absolute Gasteiger partial charge is 0.236 e. The Hall–Kier alpha value is -1.33. The number of carbonyl (C=O) groups excluding carboxylic acids is 3. The van der Waals surface area contributed by atoms with Gasteiger partial charge in [0, 0.05) is 31.6 Å². The molecule has 3 rings (SSSR count). The molecule has 0 amide bonds. The van der Waals surface area contributed by atoms with Crippen molar-refractivity contribution in [1.29, 1.82) is 0 Å². The van der Waals surface area contributed by atoms with Crippen LogP contribution in [0.1, 0.15) is 20.3 Å². The summed E-state index contributed by atoms with van der Waals surface area (Å²) >= 11 is 0. The zero-order valence-electron chi connectivity index (χ0n) is 11.6. The fourth-order valence-corrected chi connectivity index (χ4v) is 3.33. The molecule has 1 saturated carbocycles. The number of allylic oxidation sites excluding steroid dienone is 1. The van der Waals surface area contributed by atoms with E-state index in [2.05, 4.69) is 0 Å². The van der Waals surface area contributed by atoms with Crippen LogP contribution in [0.4, 0.5) is 0 Å². The Morgan fingerprint density at radius 1 is 1.26 bits per heavy atom. The van der Waals surface area contributed by atoms with Crippen LogP contribution in [0, 0.1) is 17.8 Å². The number of carbonyl (C=O) groups is 3. The molecule has 0 aliphatic heterocycles. The van der Waals surface area contributed by atoms with Crippen molar-refractivity contribution in [3.8, 4) is 0 Å². The van der Waals surface area contributed by atoms with Gasteiger partial charge >= 0.3 is 0 Å². The van der Waals surface area contributed by atoms with Crippen molar-refractivity contribution < 1.29 is 23.9 Å². The largest absolute Gasteiger partial charge is 0.346 e. The molecule has 0 saturated heterocycles. The molecule has 3 aliphatic carbocycles. The summed E-state index contributed by atoms with van der Waals surface area (Å²) in [5.41, 5.74) is 0.533. The van der Waals surface area contributed by atoms with Gasteiger partial charge in [-0.25, -0.2) is 0 Å². The maximum atomic E-state index is 12.5. The number of fused-ring (bicyclic) bond motifs is 2. The highest BCUT2D eigenvalue weighted by molar-refractivity contribution is 6.04. The maximum absolute atomic E-state index is 12.5. The summed E-state index contributed by atoms with van der Waals surface area (Å²) < 4.78 is 10.6. The van der Waals surface area contributed by atoms with E-state index in [4.69, 9.17) is 9.47 Å². The molecule has 5 heteroatoms. The molecule has 3 atom stereocenters. The number of Topliss-reactive ketones (excluding diaryl/α,β-unsaturated/α-hetero) is 3. The van der Waals surface area contributed by atoms with Crippen LogP contribution in [0.2, 0.25) is 0 Å². The van der Waals surface area contributed by atoms with Gasteiger partial charge < -0.3 is 9.47 Å². The first-order valence-corrected chi connectivity index (χ1v) is 6.26. The molecule has 0 spiro atoms. The lowest BCUT2D eigenvalue weighted by molar-refractivity contribution is -0.241. The maximum Gasteiger partial charge on any atom is 0.236 e. The van der Waals surface area contributed by atoms with E-state index < -0.39 is 17.6 Å². The highest BCUT2D eigenvalue weighted by Gasteiger charge is 2.61. The van der Waals surface area contributed by atoms with Crippen LogP contribution < -0.4 is 0 Å². The molecule has 1 fully saturated rings. The van der Waals surface area contributed by atoms with Crippen molar-refractivity contribution in [1.82, 2.24) is 0 Å². The minimum Gasteiger partial charge on any atom is -0.346 e.